The van der Waals surface area contributed by atoms with E-state index in [2.05, 4.69) is 14.8 Å². The molecule has 8 nitrogen and oxygen atoms in total. The lowest BCUT2D eigenvalue weighted by molar-refractivity contribution is -0.130. The average Bonchev–Trinajstić information content (AvgIpc) is 2.44. The predicted octanol–water partition coefficient (Wildman–Crippen LogP) is 1.41. The maximum atomic E-state index is 13.1. The van der Waals surface area contributed by atoms with Crippen molar-refractivity contribution in [1.29, 1.82) is 5.26 Å². The van der Waals surface area contributed by atoms with Crippen LogP contribution in [0.4, 0.5) is 15.8 Å². The standard InChI is InChI=1S/C12H14FN4O4P/c1-17(2)7-15-10-4-3-9(5-8(10)6-14)16-12(18)11(13)21-22(19)20/h3-5,7,11,22H,1-2H3,(H,16,18)(H,19,20). The molecule has 10 heteroatoms. The number of nitrogens with zero attached hydrogens (tertiary/aromatic N) is 3. The molecular weight excluding hydrogens is 314 g/mol. The summed E-state index contributed by atoms with van der Waals surface area (Å²) in [5, 5.41) is 11.2. The topological polar surface area (TPSA) is 115 Å². The number of hydrogen-bond donors (Lipinski definition) is 2. The van der Waals surface area contributed by atoms with Crippen molar-refractivity contribution in [2.75, 3.05) is 19.4 Å². The molecule has 0 heterocycles. The van der Waals surface area contributed by atoms with Crippen molar-refractivity contribution in [3.05, 3.63) is 23.8 Å². The van der Waals surface area contributed by atoms with Gasteiger partial charge in [0.25, 0.3) is 12.3 Å². The fraction of sp³-hybridized carbons (Fsp3) is 0.250. The van der Waals surface area contributed by atoms with Crippen LogP contribution >= 0.6 is 8.25 Å². The van der Waals surface area contributed by atoms with Gasteiger partial charge in [0.2, 0.25) is 0 Å². The van der Waals surface area contributed by atoms with Crippen molar-refractivity contribution in [2.45, 2.75) is 6.36 Å². The van der Waals surface area contributed by atoms with Gasteiger partial charge in [-0.2, -0.15) is 5.26 Å². The van der Waals surface area contributed by atoms with E-state index in [4.69, 9.17) is 10.2 Å². The van der Waals surface area contributed by atoms with Crippen LogP contribution in [0.1, 0.15) is 5.56 Å². The largest absolute Gasteiger partial charge is 0.369 e. The number of halogens is 1. The van der Waals surface area contributed by atoms with E-state index in [-0.39, 0.29) is 11.3 Å². The molecule has 0 fully saturated rings. The first kappa shape index (κ1) is 17.8. The quantitative estimate of drug-likeness (QED) is 0.463. The van der Waals surface area contributed by atoms with Gasteiger partial charge in [-0.15, -0.1) is 0 Å². The minimum atomic E-state index is -3.57. The molecular formula is C12H14FN4O4P. The van der Waals surface area contributed by atoms with Crippen LogP contribution in [0.25, 0.3) is 0 Å². The predicted molar refractivity (Wildman–Crippen MR) is 78.8 cm³/mol. The van der Waals surface area contributed by atoms with Crippen molar-refractivity contribution in [3.63, 3.8) is 0 Å². The molecule has 1 rings (SSSR count). The molecule has 0 aliphatic rings. The molecule has 0 spiro atoms. The van der Waals surface area contributed by atoms with E-state index in [0.717, 1.165) is 0 Å². The van der Waals surface area contributed by atoms with Crippen molar-refractivity contribution >= 4 is 31.9 Å². The third kappa shape index (κ3) is 5.61. The second-order valence-corrected chi connectivity index (χ2v) is 5.01. The van der Waals surface area contributed by atoms with E-state index in [1.165, 1.54) is 24.5 Å². The highest BCUT2D eigenvalue weighted by Crippen LogP contribution is 2.24. The number of nitrogens with one attached hydrogen (secondary N) is 1. The lowest BCUT2D eigenvalue weighted by Gasteiger charge is -2.09. The van der Waals surface area contributed by atoms with Crippen LogP contribution in [0, 0.1) is 11.3 Å². The van der Waals surface area contributed by atoms with Crippen molar-refractivity contribution < 1.29 is 23.2 Å². The minimum Gasteiger partial charge on any atom is -0.369 e. The van der Waals surface area contributed by atoms with Gasteiger partial charge in [0.15, 0.2) is 0 Å². The zero-order valence-electron chi connectivity index (χ0n) is 11.8. The van der Waals surface area contributed by atoms with E-state index in [9.17, 15) is 13.8 Å². The SMILES string of the molecule is CN(C)C=Nc1ccc(NC(=O)C(F)O[PH](=O)O)cc1C#N. The molecule has 0 radical (unpaired) electrons. The van der Waals surface area contributed by atoms with Crippen LogP contribution in [0.5, 0.6) is 0 Å². The summed E-state index contributed by atoms with van der Waals surface area (Å²) in [6.45, 7) is 0. The first-order valence-electron chi connectivity index (χ1n) is 5.92. The Morgan fingerprint density at radius 1 is 1.64 bits per heavy atom. The fourth-order valence-electron chi connectivity index (χ4n) is 1.33. The Labute approximate surface area is 126 Å². The van der Waals surface area contributed by atoms with Gasteiger partial charge in [-0.3, -0.25) is 13.9 Å². The summed E-state index contributed by atoms with van der Waals surface area (Å²) in [5.41, 5.74) is 0.680. The number of carbonyl (C=O) groups is 1. The molecule has 0 bridgehead atoms. The number of nitriles is 1. The normalized spacial score (nSPS) is 13.4. The second kappa shape index (κ2) is 8.24. The molecule has 22 heavy (non-hydrogen) atoms. The Bertz CT molecular complexity index is 645. The molecule has 2 atom stereocenters. The molecule has 2 unspecified atom stereocenters. The highest BCUT2D eigenvalue weighted by Gasteiger charge is 2.20. The zero-order valence-corrected chi connectivity index (χ0v) is 12.8. The summed E-state index contributed by atoms with van der Waals surface area (Å²) in [5.74, 6) is -1.25. The van der Waals surface area contributed by atoms with Gasteiger partial charge in [0.05, 0.1) is 17.6 Å². The smallest absolute Gasteiger partial charge is 0.319 e. The third-order valence-corrected chi connectivity index (χ3v) is 2.63. The molecule has 1 amide bonds. The maximum absolute atomic E-state index is 13.1. The second-order valence-electron chi connectivity index (χ2n) is 4.24. The van der Waals surface area contributed by atoms with E-state index in [0.29, 0.717) is 5.69 Å². The first-order valence-corrected chi connectivity index (χ1v) is 7.19. The fourth-order valence-corrected chi connectivity index (χ4v) is 1.62. The Morgan fingerprint density at radius 3 is 2.86 bits per heavy atom. The molecule has 1 aromatic carbocycles. The number of alkyl halides is 1. The third-order valence-electron chi connectivity index (χ3n) is 2.22. The van der Waals surface area contributed by atoms with Gasteiger partial charge < -0.3 is 15.1 Å². The van der Waals surface area contributed by atoms with Crippen LogP contribution in [-0.4, -0.2) is 42.5 Å². The van der Waals surface area contributed by atoms with Gasteiger partial charge in [-0.05, 0) is 18.2 Å². The number of carbonyl (C=O) groups excluding carboxylic acids is 1. The van der Waals surface area contributed by atoms with E-state index < -0.39 is 20.5 Å². The zero-order chi connectivity index (χ0) is 16.7. The van der Waals surface area contributed by atoms with Crippen molar-refractivity contribution in [1.82, 2.24) is 4.90 Å². The van der Waals surface area contributed by atoms with E-state index >= 15 is 0 Å². The van der Waals surface area contributed by atoms with E-state index in [1.807, 2.05) is 6.07 Å². The number of aliphatic imine (C=N–C) groups is 1. The first-order chi connectivity index (χ1) is 10.3. The Morgan fingerprint density at radius 2 is 2.32 bits per heavy atom. The number of rotatable bonds is 6. The summed E-state index contributed by atoms with van der Waals surface area (Å²) in [6, 6.07) is 6.08. The van der Waals surface area contributed by atoms with Crippen LogP contribution in [0.15, 0.2) is 23.2 Å². The lowest BCUT2D eigenvalue weighted by atomic mass is 10.1. The van der Waals surface area contributed by atoms with Gasteiger partial charge in [-0.25, -0.2) is 9.38 Å². The highest BCUT2D eigenvalue weighted by molar-refractivity contribution is 7.32. The minimum absolute atomic E-state index is 0.134. The van der Waals surface area contributed by atoms with Crippen molar-refractivity contribution in [3.8, 4) is 6.07 Å². The van der Waals surface area contributed by atoms with E-state index in [1.54, 1.807) is 19.0 Å². The molecule has 0 aromatic heterocycles. The average molecular weight is 328 g/mol. The number of hydrogen-bond acceptors (Lipinski definition) is 5. The summed E-state index contributed by atoms with van der Waals surface area (Å²) < 4.78 is 27.3. The Kier molecular flexibility index (Phi) is 6.66. The Balaban J connectivity index is 2.88. The van der Waals surface area contributed by atoms with Crippen LogP contribution in [0.2, 0.25) is 0 Å². The lowest BCUT2D eigenvalue weighted by Crippen LogP contribution is -2.24. The molecule has 0 saturated heterocycles. The summed E-state index contributed by atoms with van der Waals surface area (Å²) >= 11 is 0. The van der Waals surface area contributed by atoms with Gasteiger partial charge in [-0.1, -0.05) is 0 Å². The maximum Gasteiger partial charge on any atom is 0.319 e. The summed E-state index contributed by atoms with van der Waals surface area (Å²) in [6.07, 6.45) is -1.08. The van der Waals surface area contributed by atoms with Gasteiger partial charge in [0, 0.05) is 19.8 Å². The highest BCUT2D eigenvalue weighted by atomic mass is 31.1. The van der Waals surface area contributed by atoms with Gasteiger partial charge >= 0.3 is 8.25 Å². The number of benzene rings is 1. The molecule has 0 aliphatic heterocycles. The van der Waals surface area contributed by atoms with Gasteiger partial charge in [0.1, 0.15) is 6.07 Å². The summed E-state index contributed by atoms with van der Waals surface area (Å²) in [7, 11) is -0.0415. The van der Waals surface area contributed by atoms with Crippen LogP contribution < -0.4 is 5.32 Å². The Hall–Kier alpha value is -2.27. The molecule has 0 saturated carbocycles. The van der Waals surface area contributed by atoms with Crippen molar-refractivity contribution in [2.24, 2.45) is 4.99 Å². The summed E-state index contributed by atoms with van der Waals surface area (Å²) in [4.78, 5) is 25.5. The monoisotopic (exact) mass is 328 g/mol. The van der Waals surface area contributed by atoms with Crippen LogP contribution in [0.3, 0.4) is 0 Å². The number of anilines is 1. The molecule has 118 valence electrons. The molecule has 1 aromatic rings. The molecule has 0 aliphatic carbocycles. The molecule has 2 N–H and O–H groups in total. The number of amides is 1. The van der Waals surface area contributed by atoms with Crippen LogP contribution in [-0.2, 0) is 13.9 Å².